The third-order valence-corrected chi connectivity index (χ3v) is 2.46. The van der Waals surface area contributed by atoms with Crippen molar-refractivity contribution < 1.29 is 4.74 Å². The van der Waals surface area contributed by atoms with Gasteiger partial charge in [0, 0.05) is 12.6 Å². The number of ether oxygens (including phenoxy) is 1. The second kappa shape index (κ2) is 4.63. The predicted octanol–water partition coefficient (Wildman–Crippen LogP) is 1.85. The van der Waals surface area contributed by atoms with Gasteiger partial charge in [-0.1, -0.05) is 12.2 Å². The summed E-state index contributed by atoms with van der Waals surface area (Å²) in [4.78, 5) is 0. The van der Waals surface area contributed by atoms with Gasteiger partial charge in [-0.2, -0.15) is 0 Å². The first-order valence-electron chi connectivity index (χ1n) is 4.72. The molecule has 2 atom stereocenters. The molecular weight excluding hydrogens is 150 g/mol. The molecule has 0 radical (unpaired) electrons. The van der Waals surface area contributed by atoms with Crippen molar-refractivity contribution in [2.24, 2.45) is 5.73 Å². The van der Waals surface area contributed by atoms with E-state index >= 15 is 0 Å². The second-order valence-electron chi connectivity index (χ2n) is 3.67. The quantitative estimate of drug-likeness (QED) is 0.652. The summed E-state index contributed by atoms with van der Waals surface area (Å²) in [6.07, 6.45) is 5.00. The van der Waals surface area contributed by atoms with Crippen LogP contribution in [0.5, 0.6) is 0 Å². The van der Waals surface area contributed by atoms with E-state index in [1.165, 1.54) is 12.8 Å². The second-order valence-corrected chi connectivity index (χ2v) is 3.67. The highest BCUT2D eigenvalue weighted by molar-refractivity contribution is 4.99. The third-order valence-electron chi connectivity index (χ3n) is 2.46. The van der Waals surface area contributed by atoms with Gasteiger partial charge >= 0.3 is 0 Å². The largest absolute Gasteiger partial charge is 0.378 e. The van der Waals surface area contributed by atoms with E-state index in [0.29, 0.717) is 6.10 Å². The van der Waals surface area contributed by atoms with Crippen LogP contribution < -0.4 is 5.73 Å². The zero-order valence-electron chi connectivity index (χ0n) is 7.88. The molecular formula is C10H19NO. The van der Waals surface area contributed by atoms with Crippen LogP contribution in [0.25, 0.3) is 0 Å². The van der Waals surface area contributed by atoms with E-state index in [9.17, 15) is 0 Å². The van der Waals surface area contributed by atoms with Crippen LogP contribution in [0.1, 0.15) is 32.6 Å². The molecule has 0 aromatic carbocycles. The summed E-state index contributed by atoms with van der Waals surface area (Å²) in [6.45, 7) is 6.76. The molecule has 2 unspecified atom stereocenters. The Hall–Kier alpha value is -0.340. The maximum atomic E-state index is 5.84. The maximum absolute atomic E-state index is 5.84. The molecule has 1 saturated heterocycles. The third kappa shape index (κ3) is 2.95. The lowest BCUT2D eigenvalue weighted by atomic mass is 10.0. The van der Waals surface area contributed by atoms with Gasteiger partial charge in [0.1, 0.15) is 0 Å². The molecule has 0 amide bonds. The zero-order valence-corrected chi connectivity index (χ0v) is 7.88. The summed E-state index contributed by atoms with van der Waals surface area (Å²) in [5, 5.41) is 0. The molecule has 1 aliphatic heterocycles. The van der Waals surface area contributed by atoms with Gasteiger partial charge in [0.15, 0.2) is 0 Å². The standard InChI is InChI=1S/C10H19NO/c1-8(2)10(11)6-5-9-4-3-7-12-9/h9-10H,1,3-7,11H2,2H3. The van der Waals surface area contributed by atoms with Crippen LogP contribution in [0.2, 0.25) is 0 Å². The van der Waals surface area contributed by atoms with Crippen LogP contribution in [0.3, 0.4) is 0 Å². The molecule has 1 fully saturated rings. The minimum absolute atomic E-state index is 0.161. The molecule has 0 saturated carbocycles. The number of hydrogen-bond acceptors (Lipinski definition) is 2. The summed E-state index contributed by atoms with van der Waals surface area (Å²) in [6, 6.07) is 0.161. The highest BCUT2D eigenvalue weighted by Crippen LogP contribution is 2.18. The van der Waals surface area contributed by atoms with Gasteiger partial charge in [-0.05, 0) is 32.6 Å². The van der Waals surface area contributed by atoms with E-state index in [0.717, 1.165) is 25.0 Å². The SMILES string of the molecule is C=C(C)C(N)CCC1CCCO1. The minimum atomic E-state index is 0.161. The Labute approximate surface area is 74.8 Å². The molecule has 0 aromatic rings. The Morgan fingerprint density at radius 2 is 2.50 bits per heavy atom. The van der Waals surface area contributed by atoms with Crippen LogP contribution in [-0.4, -0.2) is 18.8 Å². The minimum Gasteiger partial charge on any atom is -0.378 e. The van der Waals surface area contributed by atoms with Crippen LogP contribution >= 0.6 is 0 Å². The molecule has 1 aliphatic rings. The van der Waals surface area contributed by atoms with Crippen molar-refractivity contribution in [1.82, 2.24) is 0 Å². The summed E-state index contributed by atoms with van der Waals surface area (Å²) >= 11 is 0. The van der Waals surface area contributed by atoms with Gasteiger partial charge in [-0.25, -0.2) is 0 Å². The monoisotopic (exact) mass is 169 g/mol. The van der Waals surface area contributed by atoms with Gasteiger partial charge in [-0.15, -0.1) is 0 Å². The van der Waals surface area contributed by atoms with Crippen molar-refractivity contribution in [3.8, 4) is 0 Å². The lowest BCUT2D eigenvalue weighted by Crippen LogP contribution is -2.22. The van der Waals surface area contributed by atoms with Gasteiger partial charge in [-0.3, -0.25) is 0 Å². The molecule has 1 heterocycles. The van der Waals surface area contributed by atoms with Crippen molar-refractivity contribution in [2.75, 3.05) is 6.61 Å². The molecule has 70 valence electrons. The molecule has 0 aromatic heterocycles. The molecule has 2 N–H and O–H groups in total. The van der Waals surface area contributed by atoms with Gasteiger partial charge in [0.05, 0.1) is 6.10 Å². The Bertz CT molecular complexity index is 150. The topological polar surface area (TPSA) is 35.2 Å². The number of hydrogen-bond donors (Lipinski definition) is 1. The normalized spacial score (nSPS) is 25.7. The maximum Gasteiger partial charge on any atom is 0.0576 e. The van der Waals surface area contributed by atoms with Crippen LogP contribution in [-0.2, 0) is 4.74 Å². The summed E-state index contributed by atoms with van der Waals surface area (Å²) in [5.41, 5.74) is 6.92. The zero-order chi connectivity index (χ0) is 8.97. The molecule has 12 heavy (non-hydrogen) atoms. The lowest BCUT2D eigenvalue weighted by Gasteiger charge is -2.14. The fourth-order valence-corrected chi connectivity index (χ4v) is 1.48. The number of nitrogens with two attached hydrogens (primary N) is 1. The fraction of sp³-hybridized carbons (Fsp3) is 0.800. The predicted molar refractivity (Wildman–Crippen MR) is 51.0 cm³/mol. The average Bonchev–Trinajstić information content (AvgIpc) is 2.51. The van der Waals surface area contributed by atoms with E-state index in [1.807, 2.05) is 6.92 Å². The first kappa shape index (κ1) is 9.75. The first-order chi connectivity index (χ1) is 5.70. The van der Waals surface area contributed by atoms with Gasteiger partial charge < -0.3 is 10.5 Å². The van der Waals surface area contributed by atoms with Crippen molar-refractivity contribution >= 4 is 0 Å². The van der Waals surface area contributed by atoms with Gasteiger partial charge in [0.2, 0.25) is 0 Å². The number of rotatable bonds is 4. The van der Waals surface area contributed by atoms with Gasteiger partial charge in [0.25, 0.3) is 0 Å². The molecule has 0 bridgehead atoms. The molecule has 1 rings (SSSR count). The van der Waals surface area contributed by atoms with Crippen LogP contribution in [0, 0.1) is 0 Å². The van der Waals surface area contributed by atoms with E-state index in [1.54, 1.807) is 0 Å². The smallest absolute Gasteiger partial charge is 0.0576 e. The first-order valence-corrected chi connectivity index (χ1v) is 4.72. The summed E-state index contributed by atoms with van der Waals surface area (Å²) in [7, 11) is 0. The Morgan fingerprint density at radius 3 is 3.00 bits per heavy atom. The van der Waals surface area contributed by atoms with E-state index in [4.69, 9.17) is 10.5 Å². The van der Waals surface area contributed by atoms with Crippen molar-refractivity contribution in [2.45, 2.75) is 44.8 Å². The van der Waals surface area contributed by atoms with Crippen molar-refractivity contribution in [3.63, 3.8) is 0 Å². The summed E-state index contributed by atoms with van der Waals surface area (Å²) < 4.78 is 5.50. The molecule has 2 heteroatoms. The fourth-order valence-electron chi connectivity index (χ4n) is 1.48. The molecule has 0 spiro atoms. The lowest BCUT2D eigenvalue weighted by molar-refractivity contribution is 0.101. The molecule has 0 aliphatic carbocycles. The highest BCUT2D eigenvalue weighted by atomic mass is 16.5. The summed E-state index contributed by atoms with van der Waals surface area (Å²) in [5.74, 6) is 0. The van der Waals surface area contributed by atoms with E-state index < -0.39 is 0 Å². The van der Waals surface area contributed by atoms with Crippen molar-refractivity contribution in [3.05, 3.63) is 12.2 Å². The molecule has 2 nitrogen and oxygen atoms in total. The van der Waals surface area contributed by atoms with Crippen LogP contribution in [0.15, 0.2) is 12.2 Å². The van der Waals surface area contributed by atoms with Crippen LogP contribution in [0.4, 0.5) is 0 Å². The highest BCUT2D eigenvalue weighted by Gasteiger charge is 2.16. The van der Waals surface area contributed by atoms with Crippen molar-refractivity contribution in [1.29, 1.82) is 0 Å². The average molecular weight is 169 g/mol. The Kier molecular flexibility index (Phi) is 3.76. The Balaban J connectivity index is 2.11. The van der Waals surface area contributed by atoms with E-state index in [2.05, 4.69) is 6.58 Å². The Morgan fingerprint density at radius 1 is 1.75 bits per heavy atom. The van der Waals surface area contributed by atoms with E-state index in [-0.39, 0.29) is 6.04 Å².